The summed E-state index contributed by atoms with van der Waals surface area (Å²) in [5, 5.41) is 8.44. The van der Waals surface area contributed by atoms with Gasteiger partial charge >= 0.3 is 0 Å². The molecule has 0 N–H and O–H groups in total. The van der Waals surface area contributed by atoms with Gasteiger partial charge in [0, 0.05) is 36.9 Å². The van der Waals surface area contributed by atoms with E-state index in [1.54, 1.807) is 5.51 Å². The van der Waals surface area contributed by atoms with Crippen LogP contribution in [0, 0.1) is 0 Å². The minimum Gasteiger partial charge on any atom is -0.368 e. The molecule has 0 aliphatic carbocycles. The van der Waals surface area contributed by atoms with E-state index >= 15 is 0 Å². The van der Waals surface area contributed by atoms with Crippen LogP contribution in [-0.2, 0) is 4.79 Å². The summed E-state index contributed by atoms with van der Waals surface area (Å²) < 4.78 is 0.839. The molecule has 116 valence electrons. The minimum absolute atomic E-state index is 0.158. The highest BCUT2D eigenvalue weighted by atomic mass is 35.5. The maximum Gasteiger partial charge on any atom is 0.233 e. The van der Waals surface area contributed by atoms with Crippen molar-refractivity contribution in [3.63, 3.8) is 0 Å². The van der Waals surface area contributed by atoms with Crippen LogP contribution in [0.2, 0.25) is 5.02 Å². The quantitative estimate of drug-likeness (QED) is 0.790. The Morgan fingerprint density at radius 2 is 2.14 bits per heavy atom. The summed E-state index contributed by atoms with van der Waals surface area (Å²) in [6.45, 7) is 3.13. The standard InChI is InChI=1S/C14H15ClN4OS2/c15-11-2-1-3-12(8-11)18-4-6-19(7-5-18)13(20)9-21-14-17-16-10-22-14/h1-3,8,10H,4-7,9H2. The fourth-order valence-corrected chi connectivity index (χ4v) is 3.90. The van der Waals surface area contributed by atoms with Crippen LogP contribution in [0.4, 0.5) is 5.69 Å². The highest BCUT2D eigenvalue weighted by Crippen LogP contribution is 2.22. The topological polar surface area (TPSA) is 49.3 Å². The number of piperazine rings is 1. The van der Waals surface area contributed by atoms with Crippen LogP contribution in [0.5, 0.6) is 0 Å². The van der Waals surface area contributed by atoms with Gasteiger partial charge in [-0.1, -0.05) is 40.8 Å². The Hall–Kier alpha value is -1.31. The molecule has 1 aromatic carbocycles. The lowest BCUT2D eigenvalue weighted by molar-refractivity contribution is -0.128. The van der Waals surface area contributed by atoms with Gasteiger partial charge in [-0.25, -0.2) is 0 Å². The molecular formula is C14H15ClN4OS2. The lowest BCUT2D eigenvalue weighted by atomic mass is 10.2. The monoisotopic (exact) mass is 354 g/mol. The summed E-state index contributed by atoms with van der Waals surface area (Å²) >= 11 is 8.94. The van der Waals surface area contributed by atoms with Crippen molar-refractivity contribution in [3.8, 4) is 0 Å². The third-order valence-corrected chi connectivity index (χ3v) is 5.55. The number of halogens is 1. The van der Waals surface area contributed by atoms with Crippen molar-refractivity contribution in [2.75, 3.05) is 36.8 Å². The first-order valence-electron chi connectivity index (χ1n) is 6.89. The Morgan fingerprint density at radius 1 is 1.32 bits per heavy atom. The second-order valence-electron chi connectivity index (χ2n) is 4.84. The first-order valence-corrected chi connectivity index (χ1v) is 9.14. The number of carbonyl (C=O) groups is 1. The summed E-state index contributed by atoms with van der Waals surface area (Å²) in [4.78, 5) is 16.4. The van der Waals surface area contributed by atoms with Crippen molar-refractivity contribution in [1.29, 1.82) is 0 Å². The van der Waals surface area contributed by atoms with Gasteiger partial charge in [-0.2, -0.15) is 0 Å². The Kier molecular flexibility index (Phi) is 5.17. The van der Waals surface area contributed by atoms with E-state index in [0.717, 1.165) is 41.2 Å². The lowest BCUT2D eigenvalue weighted by Crippen LogP contribution is -2.49. The van der Waals surface area contributed by atoms with Gasteiger partial charge in [0.15, 0.2) is 4.34 Å². The second kappa shape index (κ2) is 7.30. The maximum absolute atomic E-state index is 12.2. The third kappa shape index (κ3) is 3.91. The molecule has 1 aromatic heterocycles. The number of rotatable bonds is 4. The molecule has 1 saturated heterocycles. The van der Waals surface area contributed by atoms with E-state index < -0.39 is 0 Å². The molecule has 0 unspecified atom stereocenters. The summed E-state index contributed by atoms with van der Waals surface area (Å²) in [6, 6.07) is 7.84. The van der Waals surface area contributed by atoms with Crippen molar-refractivity contribution in [3.05, 3.63) is 34.8 Å². The lowest BCUT2D eigenvalue weighted by Gasteiger charge is -2.36. The maximum atomic E-state index is 12.2. The van der Waals surface area contributed by atoms with Crippen molar-refractivity contribution in [2.24, 2.45) is 0 Å². The predicted octanol–water partition coefficient (Wildman–Crippen LogP) is 2.63. The molecule has 2 aromatic rings. The summed E-state index contributed by atoms with van der Waals surface area (Å²) in [5.74, 6) is 0.581. The number of thioether (sulfide) groups is 1. The molecule has 1 aliphatic rings. The predicted molar refractivity (Wildman–Crippen MR) is 90.9 cm³/mol. The average molecular weight is 355 g/mol. The van der Waals surface area contributed by atoms with Gasteiger partial charge in [0.1, 0.15) is 5.51 Å². The van der Waals surface area contributed by atoms with Crippen molar-refractivity contribution in [1.82, 2.24) is 15.1 Å². The molecule has 0 atom stereocenters. The molecule has 5 nitrogen and oxygen atoms in total. The fourth-order valence-electron chi connectivity index (χ4n) is 2.33. The van der Waals surface area contributed by atoms with Crippen LogP contribution in [0.3, 0.4) is 0 Å². The van der Waals surface area contributed by atoms with Crippen LogP contribution in [0.1, 0.15) is 0 Å². The average Bonchev–Trinajstić information content (AvgIpc) is 3.06. The van der Waals surface area contributed by atoms with Gasteiger partial charge < -0.3 is 9.80 Å². The molecule has 1 aliphatic heterocycles. The molecule has 0 saturated carbocycles. The molecule has 2 heterocycles. The van der Waals surface area contributed by atoms with Crippen LogP contribution in [-0.4, -0.2) is 52.9 Å². The second-order valence-corrected chi connectivity index (χ2v) is 7.33. The van der Waals surface area contributed by atoms with Gasteiger partial charge in [0.2, 0.25) is 5.91 Å². The zero-order valence-electron chi connectivity index (χ0n) is 11.8. The van der Waals surface area contributed by atoms with Gasteiger partial charge in [-0.3, -0.25) is 4.79 Å². The Labute approximate surface area is 142 Å². The fraction of sp³-hybridized carbons (Fsp3) is 0.357. The number of hydrogen-bond donors (Lipinski definition) is 0. The van der Waals surface area contributed by atoms with Crippen LogP contribution in [0.25, 0.3) is 0 Å². The normalized spacial score (nSPS) is 15.1. The van der Waals surface area contributed by atoms with Crippen molar-refractivity contribution < 1.29 is 4.79 Å². The molecule has 0 spiro atoms. The Bertz CT molecular complexity index is 630. The van der Waals surface area contributed by atoms with Crippen LogP contribution < -0.4 is 4.90 Å². The number of hydrogen-bond acceptors (Lipinski definition) is 6. The Morgan fingerprint density at radius 3 is 2.82 bits per heavy atom. The van der Waals surface area contributed by atoms with E-state index in [-0.39, 0.29) is 5.91 Å². The summed E-state index contributed by atoms with van der Waals surface area (Å²) in [5.41, 5.74) is 2.79. The third-order valence-electron chi connectivity index (χ3n) is 3.46. The van der Waals surface area contributed by atoms with Crippen molar-refractivity contribution >= 4 is 46.3 Å². The summed E-state index contributed by atoms with van der Waals surface area (Å²) in [6.07, 6.45) is 0. The molecule has 0 radical (unpaired) electrons. The number of amides is 1. The zero-order chi connectivity index (χ0) is 15.4. The van der Waals surface area contributed by atoms with E-state index in [2.05, 4.69) is 21.2 Å². The van der Waals surface area contributed by atoms with E-state index in [1.807, 2.05) is 23.1 Å². The number of benzene rings is 1. The van der Waals surface area contributed by atoms with Gasteiger partial charge in [-0.15, -0.1) is 10.2 Å². The highest BCUT2D eigenvalue weighted by molar-refractivity contribution is 8.01. The number of carbonyl (C=O) groups excluding carboxylic acids is 1. The van der Waals surface area contributed by atoms with E-state index in [4.69, 9.17) is 11.6 Å². The largest absolute Gasteiger partial charge is 0.368 e. The SMILES string of the molecule is O=C(CSc1nncs1)N1CCN(c2cccc(Cl)c2)CC1. The zero-order valence-corrected chi connectivity index (χ0v) is 14.2. The van der Waals surface area contributed by atoms with Crippen molar-refractivity contribution in [2.45, 2.75) is 4.34 Å². The smallest absolute Gasteiger partial charge is 0.233 e. The first kappa shape index (κ1) is 15.6. The molecular weight excluding hydrogens is 340 g/mol. The molecule has 1 fully saturated rings. The molecule has 0 bridgehead atoms. The van der Waals surface area contributed by atoms with Gasteiger partial charge in [0.25, 0.3) is 0 Å². The first-order chi connectivity index (χ1) is 10.7. The molecule has 3 rings (SSSR count). The van der Waals surface area contributed by atoms with E-state index in [0.29, 0.717) is 5.75 Å². The van der Waals surface area contributed by atoms with Crippen LogP contribution in [0.15, 0.2) is 34.1 Å². The van der Waals surface area contributed by atoms with Gasteiger partial charge in [0.05, 0.1) is 5.75 Å². The Balaban J connectivity index is 1.49. The van der Waals surface area contributed by atoms with Crippen LogP contribution >= 0.6 is 34.7 Å². The minimum atomic E-state index is 0.158. The van der Waals surface area contributed by atoms with E-state index in [1.165, 1.54) is 23.1 Å². The highest BCUT2D eigenvalue weighted by Gasteiger charge is 2.21. The molecule has 22 heavy (non-hydrogen) atoms. The summed E-state index contributed by atoms with van der Waals surface area (Å²) in [7, 11) is 0. The number of aromatic nitrogens is 2. The number of nitrogens with zero attached hydrogens (tertiary/aromatic N) is 4. The van der Waals surface area contributed by atoms with Gasteiger partial charge in [-0.05, 0) is 18.2 Å². The molecule has 8 heteroatoms. The van der Waals surface area contributed by atoms with E-state index in [9.17, 15) is 4.79 Å². The molecule has 1 amide bonds. The number of anilines is 1.